The van der Waals surface area contributed by atoms with E-state index in [0.717, 1.165) is 12.0 Å². The molecule has 1 amide bonds. The Morgan fingerprint density at radius 1 is 0.868 bits per heavy atom. The summed E-state index contributed by atoms with van der Waals surface area (Å²) < 4.78 is 17.1. The van der Waals surface area contributed by atoms with E-state index in [1.807, 2.05) is 52.0 Å². The highest BCUT2D eigenvalue weighted by atomic mass is 16.5. The number of hydrogen-bond donors (Lipinski definition) is 1. The first-order valence-corrected chi connectivity index (χ1v) is 12.9. The Kier molecular flexibility index (Phi) is 8.36. The number of carbonyl (C=O) groups is 2. The second kappa shape index (κ2) is 11.9. The maximum atomic E-state index is 13.5. The Bertz CT molecular complexity index is 1340. The Balaban J connectivity index is 1.86. The molecule has 0 aromatic heterocycles. The Labute approximate surface area is 223 Å². The lowest BCUT2D eigenvalue weighted by Crippen LogP contribution is -2.29. The van der Waals surface area contributed by atoms with Crippen LogP contribution in [0.3, 0.4) is 0 Å². The number of benzene rings is 3. The lowest BCUT2D eigenvalue weighted by atomic mass is 9.94. The molecule has 7 heteroatoms. The molecule has 38 heavy (non-hydrogen) atoms. The summed E-state index contributed by atoms with van der Waals surface area (Å²) in [5.74, 6) is -0.0430. The van der Waals surface area contributed by atoms with Crippen LogP contribution in [0.4, 0.5) is 5.69 Å². The first kappa shape index (κ1) is 26.8. The molecule has 0 spiro atoms. The minimum atomic E-state index is -0.835. The van der Waals surface area contributed by atoms with Crippen molar-refractivity contribution in [1.82, 2.24) is 0 Å². The smallest absolute Gasteiger partial charge is 0.300 e. The number of amides is 1. The summed E-state index contributed by atoms with van der Waals surface area (Å²) in [6, 6.07) is 18.7. The van der Waals surface area contributed by atoms with E-state index >= 15 is 0 Å². The molecule has 198 valence electrons. The van der Waals surface area contributed by atoms with Crippen LogP contribution in [0.25, 0.3) is 5.76 Å². The van der Waals surface area contributed by atoms with Crippen molar-refractivity contribution in [2.45, 2.75) is 40.2 Å². The summed E-state index contributed by atoms with van der Waals surface area (Å²) in [6.45, 7) is 9.13. The van der Waals surface area contributed by atoms with Gasteiger partial charge in [0.1, 0.15) is 11.5 Å². The number of aryl methyl sites for hydroxylation is 1. The van der Waals surface area contributed by atoms with Crippen molar-refractivity contribution in [1.29, 1.82) is 0 Å². The Morgan fingerprint density at radius 2 is 1.58 bits per heavy atom. The number of anilines is 1. The third kappa shape index (κ3) is 5.37. The van der Waals surface area contributed by atoms with Crippen molar-refractivity contribution < 1.29 is 28.9 Å². The van der Waals surface area contributed by atoms with Crippen LogP contribution >= 0.6 is 0 Å². The van der Waals surface area contributed by atoms with E-state index in [0.29, 0.717) is 53.9 Å². The molecule has 7 nitrogen and oxygen atoms in total. The molecule has 1 fully saturated rings. The molecule has 1 N–H and O–H groups in total. The van der Waals surface area contributed by atoms with Gasteiger partial charge in [0.05, 0.1) is 31.4 Å². The molecule has 1 aliphatic rings. The van der Waals surface area contributed by atoms with Gasteiger partial charge in [-0.1, -0.05) is 36.8 Å². The number of rotatable bonds is 10. The van der Waals surface area contributed by atoms with Gasteiger partial charge in [-0.05, 0) is 69.2 Å². The van der Waals surface area contributed by atoms with E-state index < -0.39 is 17.7 Å². The summed E-state index contributed by atoms with van der Waals surface area (Å²) >= 11 is 0. The number of hydrogen-bond acceptors (Lipinski definition) is 6. The maximum absolute atomic E-state index is 13.5. The third-order valence-corrected chi connectivity index (χ3v) is 6.21. The lowest BCUT2D eigenvalue weighted by Gasteiger charge is -2.26. The Hall–Kier alpha value is -4.26. The van der Waals surface area contributed by atoms with Crippen LogP contribution in [0.1, 0.15) is 49.9 Å². The van der Waals surface area contributed by atoms with Crippen molar-refractivity contribution in [3.05, 3.63) is 89.0 Å². The van der Waals surface area contributed by atoms with Gasteiger partial charge < -0.3 is 19.3 Å². The SMILES string of the molecule is CCCOc1ccc(/C(O)=C2\C(=O)C(=O)N(c3ccc(OCC)c(OCC)c3)C2c2cccc(C)c2)cc1. The minimum absolute atomic E-state index is 0.0228. The standard InChI is InChI=1S/C31H33NO6/c1-5-17-38-24-14-11-21(12-15-24)29(33)27-28(22-10-8-9-20(4)18-22)32(31(35)30(27)34)23-13-16-25(36-6-2)26(19-23)37-7-3/h8-16,18-19,28,33H,5-7,17H2,1-4H3/b29-27+. The van der Waals surface area contributed by atoms with Crippen molar-refractivity contribution in [2.24, 2.45) is 0 Å². The average Bonchev–Trinajstić information content (AvgIpc) is 3.19. The summed E-state index contributed by atoms with van der Waals surface area (Å²) in [5, 5.41) is 11.4. The largest absolute Gasteiger partial charge is 0.507 e. The van der Waals surface area contributed by atoms with E-state index in [1.165, 1.54) is 4.90 Å². The predicted molar refractivity (Wildman–Crippen MR) is 147 cm³/mol. The molecular weight excluding hydrogens is 482 g/mol. The van der Waals surface area contributed by atoms with Crippen molar-refractivity contribution in [2.75, 3.05) is 24.7 Å². The van der Waals surface area contributed by atoms with Crippen LogP contribution in [0, 0.1) is 6.92 Å². The number of Topliss-reactive ketones (excluding diaryl/α,β-unsaturated/α-hetero) is 1. The molecule has 1 aliphatic heterocycles. The molecule has 4 rings (SSSR count). The summed E-state index contributed by atoms with van der Waals surface area (Å²) in [4.78, 5) is 28.4. The fraction of sp³-hybridized carbons (Fsp3) is 0.290. The molecule has 0 aliphatic carbocycles. The molecule has 0 radical (unpaired) electrons. The summed E-state index contributed by atoms with van der Waals surface area (Å²) in [6.07, 6.45) is 0.873. The van der Waals surface area contributed by atoms with Crippen molar-refractivity contribution >= 4 is 23.1 Å². The van der Waals surface area contributed by atoms with Crippen molar-refractivity contribution in [3.8, 4) is 17.2 Å². The number of aliphatic hydroxyl groups is 1. The highest BCUT2D eigenvalue weighted by Crippen LogP contribution is 2.44. The van der Waals surface area contributed by atoms with Gasteiger partial charge in [-0.25, -0.2) is 0 Å². The first-order valence-electron chi connectivity index (χ1n) is 12.9. The molecule has 1 atom stereocenters. The van der Waals surface area contributed by atoms with Crippen molar-refractivity contribution in [3.63, 3.8) is 0 Å². The zero-order valence-electron chi connectivity index (χ0n) is 22.2. The number of carbonyl (C=O) groups excluding carboxylic acids is 2. The van der Waals surface area contributed by atoms with E-state index in [2.05, 4.69) is 0 Å². The fourth-order valence-corrected chi connectivity index (χ4v) is 4.53. The Morgan fingerprint density at radius 3 is 2.24 bits per heavy atom. The zero-order valence-corrected chi connectivity index (χ0v) is 22.2. The number of nitrogens with zero attached hydrogens (tertiary/aromatic N) is 1. The molecule has 1 saturated heterocycles. The topological polar surface area (TPSA) is 85.3 Å². The zero-order chi connectivity index (χ0) is 27.2. The molecule has 0 saturated carbocycles. The normalized spacial score (nSPS) is 16.5. The summed E-state index contributed by atoms with van der Waals surface area (Å²) in [5.41, 5.74) is 2.58. The van der Waals surface area contributed by atoms with Crippen LogP contribution in [0.15, 0.2) is 72.3 Å². The van der Waals surface area contributed by atoms with Gasteiger partial charge in [0.25, 0.3) is 11.7 Å². The van der Waals surface area contributed by atoms with Gasteiger partial charge in [0.15, 0.2) is 11.5 Å². The van der Waals surface area contributed by atoms with Crippen LogP contribution in [0.5, 0.6) is 17.2 Å². The average molecular weight is 516 g/mol. The van der Waals surface area contributed by atoms with Crippen LogP contribution < -0.4 is 19.1 Å². The molecule has 3 aromatic rings. The summed E-state index contributed by atoms with van der Waals surface area (Å²) in [7, 11) is 0. The van der Waals surface area contributed by atoms with Crippen LogP contribution in [0.2, 0.25) is 0 Å². The van der Waals surface area contributed by atoms with Gasteiger partial charge in [-0.15, -0.1) is 0 Å². The van der Waals surface area contributed by atoms with Crippen LogP contribution in [-0.2, 0) is 9.59 Å². The van der Waals surface area contributed by atoms with E-state index in [-0.39, 0.29) is 11.3 Å². The van der Waals surface area contributed by atoms with Gasteiger partial charge in [-0.3, -0.25) is 14.5 Å². The molecular formula is C31H33NO6. The third-order valence-electron chi connectivity index (χ3n) is 6.21. The highest BCUT2D eigenvalue weighted by Gasteiger charge is 2.47. The molecule has 1 unspecified atom stereocenters. The number of aliphatic hydroxyl groups excluding tert-OH is 1. The highest BCUT2D eigenvalue weighted by molar-refractivity contribution is 6.51. The molecule has 1 heterocycles. The predicted octanol–water partition coefficient (Wildman–Crippen LogP) is 6.21. The van der Waals surface area contributed by atoms with Gasteiger partial charge >= 0.3 is 0 Å². The second-order valence-electron chi connectivity index (χ2n) is 8.95. The quantitative estimate of drug-likeness (QED) is 0.196. The van der Waals surface area contributed by atoms with E-state index in [9.17, 15) is 14.7 Å². The lowest BCUT2D eigenvalue weighted by molar-refractivity contribution is -0.132. The van der Waals surface area contributed by atoms with Gasteiger partial charge in [0.2, 0.25) is 0 Å². The number of ketones is 1. The number of ether oxygens (including phenoxy) is 3. The molecule has 0 bridgehead atoms. The maximum Gasteiger partial charge on any atom is 0.300 e. The second-order valence-corrected chi connectivity index (χ2v) is 8.95. The van der Waals surface area contributed by atoms with Gasteiger partial charge in [-0.2, -0.15) is 0 Å². The van der Waals surface area contributed by atoms with E-state index in [1.54, 1.807) is 42.5 Å². The monoisotopic (exact) mass is 515 g/mol. The fourth-order valence-electron chi connectivity index (χ4n) is 4.53. The molecule has 3 aromatic carbocycles. The van der Waals surface area contributed by atoms with Crippen LogP contribution in [-0.4, -0.2) is 36.6 Å². The van der Waals surface area contributed by atoms with E-state index in [4.69, 9.17) is 14.2 Å². The van der Waals surface area contributed by atoms with Gasteiger partial charge in [0, 0.05) is 17.3 Å². The minimum Gasteiger partial charge on any atom is -0.507 e. The first-order chi connectivity index (χ1) is 18.4.